The number of carbonyl (C=O) groups excluding carboxylic acids is 1. The molecule has 0 unspecified atom stereocenters. The van der Waals surface area contributed by atoms with Crippen molar-refractivity contribution < 1.29 is 19.0 Å². The molecule has 158 valence electrons. The normalized spacial score (nSPS) is 11.8. The van der Waals surface area contributed by atoms with Gasteiger partial charge in [-0.05, 0) is 44.5 Å². The summed E-state index contributed by atoms with van der Waals surface area (Å²) in [4.78, 5) is 20.6. The molecule has 0 N–H and O–H groups in total. The lowest BCUT2D eigenvalue weighted by Gasteiger charge is -2.11. The average Bonchev–Trinajstić information content (AvgIpc) is 2.74. The first-order chi connectivity index (χ1) is 14.1. The van der Waals surface area contributed by atoms with Gasteiger partial charge >= 0.3 is 5.97 Å². The zero-order valence-electron chi connectivity index (χ0n) is 17.7. The average molecular weight is 401 g/mol. The van der Waals surface area contributed by atoms with Crippen molar-refractivity contribution in [3.63, 3.8) is 0 Å². The molecule has 0 saturated carbocycles. The lowest BCUT2D eigenvalue weighted by Crippen LogP contribution is -2.25. The second-order valence-electron chi connectivity index (χ2n) is 6.90. The Balaban J connectivity index is 1.79. The molecular formula is C23H32N2O4. The maximum atomic E-state index is 11.9. The van der Waals surface area contributed by atoms with E-state index in [4.69, 9.17) is 14.2 Å². The second-order valence-corrected chi connectivity index (χ2v) is 6.90. The van der Waals surface area contributed by atoms with Crippen LogP contribution in [0.4, 0.5) is 0 Å². The largest absolute Gasteiger partial charge is 0.490 e. The fourth-order valence-corrected chi connectivity index (χ4v) is 2.80. The van der Waals surface area contributed by atoms with Crippen LogP contribution < -0.4 is 9.47 Å². The van der Waals surface area contributed by atoms with E-state index in [1.807, 2.05) is 19.1 Å². The van der Waals surface area contributed by atoms with Crippen molar-refractivity contribution in [2.75, 3.05) is 13.2 Å². The van der Waals surface area contributed by atoms with Crippen LogP contribution in [0, 0.1) is 0 Å². The van der Waals surface area contributed by atoms with Crippen LogP contribution in [0.3, 0.4) is 0 Å². The van der Waals surface area contributed by atoms with Crippen LogP contribution in [-0.2, 0) is 9.53 Å². The van der Waals surface area contributed by atoms with Crippen molar-refractivity contribution in [1.82, 2.24) is 9.97 Å². The predicted molar refractivity (Wildman–Crippen MR) is 113 cm³/mol. The first kappa shape index (κ1) is 22.8. The van der Waals surface area contributed by atoms with E-state index in [0.29, 0.717) is 30.5 Å². The molecule has 0 fully saturated rings. The van der Waals surface area contributed by atoms with Gasteiger partial charge in [-0.3, -0.25) is 0 Å². The molecule has 1 heterocycles. The zero-order valence-corrected chi connectivity index (χ0v) is 17.7. The zero-order chi connectivity index (χ0) is 20.9. The van der Waals surface area contributed by atoms with Crippen LogP contribution in [0.2, 0.25) is 0 Å². The van der Waals surface area contributed by atoms with Crippen LogP contribution in [0.1, 0.15) is 59.3 Å². The van der Waals surface area contributed by atoms with Crippen LogP contribution in [0.5, 0.6) is 11.5 Å². The molecule has 0 saturated heterocycles. The number of benzene rings is 1. The van der Waals surface area contributed by atoms with Crippen LogP contribution in [0.25, 0.3) is 11.4 Å². The maximum absolute atomic E-state index is 11.9. The van der Waals surface area contributed by atoms with Gasteiger partial charge in [0, 0.05) is 12.2 Å². The summed E-state index contributed by atoms with van der Waals surface area (Å²) in [7, 11) is 0. The minimum absolute atomic E-state index is 0.414. The molecule has 0 aliphatic rings. The Morgan fingerprint density at radius 1 is 0.931 bits per heavy atom. The Kier molecular flexibility index (Phi) is 10.1. The number of hydrogen-bond donors (Lipinski definition) is 0. The second kappa shape index (κ2) is 12.9. The van der Waals surface area contributed by atoms with E-state index in [-0.39, 0.29) is 0 Å². The molecule has 0 spiro atoms. The molecular weight excluding hydrogens is 368 g/mol. The van der Waals surface area contributed by atoms with Crippen molar-refractivity contribution in [2.45, 2.75) is 65.4 Å². The number of esters is 1. The Hall–Kier alpha value is -2.47. The molecule has 0 aliphatic heterocycles. The number of aromatic nitrogens is 2. The van der Waals surface area contributed by atoms with Crippen LogP contribution >= 0.6 is 0 Å². The monoisotopic (exact) mass is 400 g/mol. The fraction of sp³-hybridized carbons (Fsp3) is 0.522. The van der Waals surface area contributed by atoms with Gasteiger partial charge in [-0.2, -0.15) is 0 Å². The number of rotatable bonds is 13. The molecule has 2 aromatic rings. The standard InChI is InChI=1S/C23H32N2O4/c1-4-6-7-8-9-10-15-28-21-16-24-22(25-17-21)19-11-13-20(14-12-19)29-23(26)18(3)27-5-2/h11-14,16-18H,4-10,15H2,1-3H3/t18-/m0/s1. The molecule has 1 aromatic heterocycles. The highest BCUT2D eigenvalue weighted by atomic mass is 16.6. The van der Waals surface area contributed by atoms with Crippen molar-refractivity contribution in [1.29, 1.82) is 0 Å². The molecule has 6 heteroatoms. The smallest absolute Gasteiger partial charge is 0.340 e. The summed E-state index contributed by atoms with van der Waals surface area (Å²) in [6.45, 7) is 6.88. The van der Waals surface area contributed by atoms with Crippen molar-refractivity contribution in [3.8, 4) is 22.9 Å². The first-order valence-electron chi connectivity index (χ1n) is 10.5. The Morgan fingerprint density at radius 3 is 2.24 bits per heavy atom. The van der Waals surface area contributed by atoms with Crippen LogP contribution in [0.15, 0.2) is 36.7 Å². The predicted octanol–water partition coefficient (Wildman–Crippen LogP) is 5.21. The molecule has 29 heavy (non-hydrogen) atoms. The third-order valence-corrected chi connectivity index (χ3v) is 4.47. The van der Waals surface area contributed by atoms with Gasteiger partial charge in [0.05, 0.1) is 19.0 Å². The van der Waals surface area contributed by atoms with Gasteiger partial charge in [-0.15, -0.1) is 0 Å². The van der Waals surface area contributed by atoms with Gasteiger partial charge in [0.15, 0.2) is 17.7 Å². The maximum Gasteiger partial charge on any atom is 0.340 e. The fourth-order valence-electron chi connectivity index (χ4n) is 2.80. The summed E-state index contributed by atoms with van der Waals surface area (Å²) < 4.78 is 16.2. The van der Waals surface area contributed by atoms with E-state index < -0.39 is 12.1 Å². The molecule has 0 amide bonds. The Morgan fingerprint density at radius 2 is 1.59 bits per heavy atom. The minimum Gasteiger partial charge on any atom is -0.490 e. The quantitative estimate of drug-likeness (QED) is 0.261. The molecule has 1 atom stereocenters. The first-order valence-corrected chi connectivity index (χ1v) is 10.5. The number of hydrogen-bond acceptors (Lipinski definition) is 6. The third kappa shape index (κ3) is 8.20. The summed E-state index contributed by atoms with van der Waals surface area (Å²) in [5, 5.41) is 0. The van der Waals surface area contributed by atoms with E-state index in [0.717, 1.165) is 12.0 Å². The summed E-state index contributed by atoms with van der Waals surface area (Å²) in [5.41, 5.74) is 0.838. The minimum atomic E-state index is -0.591. The lowest BCUT2D eigenvalue weighted by atomic mass is 10.1. The van der Waals surface area contributed by atoms with E-state index >= 15 is 0 Å². The number of nitrogens with zero attached hydrogens (tertiary/aromatic N) is 2. The Labute approximate surface area is 173 Å². The highest BCUT2D eigenvalue weighted by Crippen LogP contribution is 2.21. The van der Waals surface area contributed by atoms with Crippen LogP contribution in [-0.4, -0.2) is 35.3 Å². The van der Waals surface area contributed by atoms with Gasteiger partial charge in [0.2, 0.25) is 0 Å². The number of carbonyl (C=O) groups is 1. The van der Waals surface area contributed by atoms with Crippen molar-refractivity contribution in [2.24, 2.45) is 0 Å². The van der Waals surface area contributed by atoms with Gasteiger partial charge in [0.25, 0.3) is 0 Å². The highest BCUT2D eigenvalue weighted by molar-refractivity contribution is 5.77. The lowest BCUT2D eigenvalue weighted by molar-refractivity contribution is -0.145. The number of ether oxygens (including phenoxy) is 3. The summed E-state index contributed by atoms with van der Waals surface area (Å²) in [6, 6.07) is 7.08. The highest BCUT2D eigenvalue weighted by Gasteiger charge is 2.15. The van der Waals surface area contributed by atoms with E-state index in [9.17, 15) is 4.79 Å². The summed E-state index contributed by atoms with van der Waals surface area (Å²) >= 11 is 0. The van der Waals surface area contributed by atoms with Crippen molar-refractivity contribution in [3.05, 3.63) is 36.7 Å². The SMILES string of the molecule is CCCCCCCCOc1cnc(-c2ccc(OC(=O)[C@H](C)OCC)cc2)nc1. The van der Waals surface area contributed by atoms with Crippen molar-refractivity contribution >= 4 is 5.97 Å². The molecule has 0 bridgehead atoms. The molecule has 2 rings (SSSR count). The van der Waals surface area contributed by atoms with Gasteiger partial charge < -0.3 is 14.2 Å². The molecule has 1 aromatic carbocycles. The molecule has 0 aliphatic carbocycles. The molecule has 6 nitrogen and oxygen atoms in total. The number of unbranched alkanes of at least 4 members (excludes halogenated alkanes) is 5. The topological polar surface area (TPSA) is 70.5 Å². The molecule has 0 radical (unpaired) electrons. The van der Waals surface area contributed by atoms with Gasteiger partial charge in [0.1, 0.15) is 5.75 Å². The van der Waals surface area contributed by atoms with Gasteiger partial charge in [-0.1, -0.05) is 39.0 Å². The Bertz CT molecular complexity index is 717. The third-order valence-electron chi connectivity index (χ3n) is 4.47. The van der Waals surface area contributed by atoms with E-state index in [2.05, 4.69) is 16.9 Å². The summed E-state index contributed by atoms with van der Waals surface area (Å²) in [5.74, 6) is 1.32. The van der Waals surface area contributed by atoms with E-state index in [1.165, 1.54) is 32.1 Å². The van der Waals surface area contributed by atoms with E-state index in [1.54, 1.807) is 31.5 Å². The van der Waals surface area contributed by atoms with Gasteiger partial charge in [-0.25, -0.2) is 14.8 Å². The summed E-state index contributed by atoms with van der Waals surface area (Å²) in [6.07, 6.45) is 10.2.